The minimum atomic E-state index is -0.246. The molecule has 0 unspecified atom stereocenters. The summed E-state index contributed by atoms with van der Waals surface area (Å²) >= 11 is 0. The van der Waals surface area contributed by atoms with Crippen molar-refractivity contribution in [3.05, 3.63) is 35.4 Å². The minimum absolute atomic E-state index is 0.00984. The Morgan fingerprint density at radius 2 is 2.10 bits per heavy atom. The zero-order valence-corrected chi connectivity index (χ0v) is 11.6. The lowest BCUT2D eigenvalue weighted by molar-refractivity contribution is -0.140. The van der Waals surface area contributed by atoms with Gasteiger partial charge < -0.3 is 15.4 Å². The van der Waals surface area contributed by atoms with E-state index in [2.05, 4.69) is 27.5 Å². The van der Waals surface area contributed by atoms with Crippen molar-refractivity contribution in [1.29, 1.82) is 0 Å². The molecule has 108 valence electrons. The number of ether oxygens (including phenoxy) is 1. The van der Waals surface area contributed by atoms with Crippen LogP contribution in [0.5, 0.6) is 0 Å². The summed E-state index contributed by atoms with van der Waals surface area (Å²) in [5.41, 5.74) is 2.48. The molecule has 1 aromatic rings. The normalized spacial score (nSPS) is 17.1. The first-order valence-electron chi connectivity index (χ1n) is 6.85. The molecule has 1 aliphatic rings. The fraction of sp³-hybridized carbons (Fsp3) is 0.467. The molecular weight excluding hydrogens is 256 g/mol. The van der Waals surface area contributed by atoms with Crippen LogP contribution in [0.3, 0.4) is 0 Å². The van der Waals surface area contributed by atoms with Gasteiger partial charge in [-0.25, -0.2) is 0 Å². The Morgan fingerprint density at radius 3 is 2.85 bits per heavy atom. The summed E-state index contributed by atoms with van der Waals surface area (Å²) in [4.78, 5) is 23.0. The van der Waals surface area contributed by atoms with Crippen LogP contribution in [0.25, 0.3) is 0 Å². The summed E-state index contributed by atoms with van der Waals surface area (Å²) in [6.07, 6.45) is 1.64. The largest absolute Gasteiger partial charge is 0.469 e. The first kappa shape index (κ1) is 14.5. The summed E-state index contributed by atoms with van der Waals surface area (Å²) in [5, 5.41) is 6.09. The molecule has 0 aromatic heterocycles. The molecule has 1 amide bonds. The number of carbonyl (C=O) groups excluding carboxylic acids is 2. The third kappa shape index (κ3) is 3.81. The summed E-state index contributed by atoms with van der Waals surface area (Å²) in [7, 11) is 1.37. The maximum atomic E-state index is 12.0. The fourth-order valence-corrected chi connectivity index (χ4v) is 2.31. The number of fused-ring (bicyclic) bond motifs is 1. The van der Waals surface area contributed by atoms with Gasteiger partial charge in [-0.3, -0.25) is 9.59 Å². The van der Waals surface area contributed by atoms with E-state index in [0.717, 1.165) is 6.54 Å². The van der Waals surface area contributed by atoms with Gasteiger partial charge in [-0.15, -0.1) is 0 Å². The lowest BCUT2D eigenvalue weighted by atomic mass is 9.95. The van der Waals surface area contributed by atoms with Crippen LogP contribution in [0.15, 0.2) is 24.3 Å². The van der Waals surface area contributed by atoms with Gasteiger partial charge in [-0.05, 0) is 24.0 Å². The number of methoxy groups -OCH3 is 1. The topological polar surface area (TPSA) is 67.4 Å². The number of esters is 1. The molecule has 5 heteroatoms. The van der Waals surface area contributed by atoms with Crippen LogP contribution < -0.4 is 10.6 Å². The second-order valence-electron chi connectivity index (χ2n) is 4.88. The number of benzene rings is 1. The molecule has 20 heavy (non-hydrogen) atoms. The highest BCUT2D eigenvalue weighted by molar-refractivity contribution is 5.82. The maximum absolute atomic E-state index is 12.0. The number of rotatable bonds is 5. The summed E-state index contributed by atoms with van der Waals surface area (Å²) in [5.74, 6) is -0.256. The molecule has 1 aliphatic heterocycles. The highest BCUT2D eigenvalue weighted by Gasteiger charge is 2.23. The van der Waals surface area contributed by atoms with Crippen LogP contribution >= 0.6 is 0 Å². The van der Waals surface area contributed by atoms with Crippen LogP contribution in [0.2, 0.25) is 0 Å². The van der Waals surface area contributed by atoms with E-state index >= 15 is 0 Å². The molecule has 0 bridgehead atoms. The van der Waals surface area contributed by atoms with E-state index in [9.17, 15) is 9.59 Å². The van der Waals surface area contributed by atoms with Gasteiger partial charge in [0, 0.05) is 19.5 Å². The van der Waals surface area contributed by atoms with Crippen LogP contribution in [0, 0.1) is 0 Å². The Balaban J connectivity index is 1.76. The van der Waals surface area contributed by atoms with Crippen LogP contribution in [0.4, 0.5) is 0 Å². The van der Waals surface area contributed by atoms with Gasteiger partial charge in [0.15, 0.2) is 0 Å². The predicted octanol–water partition coefficient (Wildman–Crippen LogP) is 0.770. The van der Waals surface area contributed by atoms with Crippen molar-refractivity contribution in [2.75, 3.05) is 13.7 Å². The van der Waals surface area contributed by atoms with Gasteiger partial charge >= 0.3 is 5.97 Å². The number of amides is 1. The van der Waals surface area contributed by atoms with Gasteiger partial charge in [-0.1, -0.05) is 24.3 Å². The first-order chi connectivity index (χ1) is 9.70. The standard InChI is InChI=1S/C15H20N2O3/c1-20-14(18)7-4-8-16-15(19)13-9-11-5-2-3-6-12(11)10-17-13/h2-3,5-6,13,17H,4,7-10H2,1H3,(H,16,19)/t13-/m0/s1. The quantitative estimate of drug-likeness (QED) is 0.616. The second kappa shape index (κ2) is 7.05. The van der Waals surface area contributed by atoms with E-state index in [1.54, 1.807) is 0 Å². The lowest BCUT2D eigenvalue weighted by Gasteiger charge is -2.25. The number of hydrogen-bond donors (Lipinski definition) is 2. The highest BCUT2D eigenvalue weighted by Crippen LogP contribution is 2.16. The third-order valence-electron chi connectivity index (χ3n) is 3.48. The Hall–Kier alpha value is -1.88. The minimum Gasteiger partial charge on any atom is -0.469 e. The molecule has 1 heterocycles. The van der Waals surface area contributed by atoms with Gasteiger partial charge in [-0.2, -0.15) is 0 Å². The van der Waals surface area contributed by atoms with E-state index in [-0.39, 0.29) is 17.9 Å². The van der Waals surface area contributed by atoms with Crippen molar-refractivity contribution in [2.24, 2.45) is 0 Å². The molecule has 0 saturated carbocycles. The molecule has 0 saturated heterocycles. The SMILES string of the molecule is COC(=O)CCCNC(=O)[C@@H]1Cc2ccccc2CN1. The van der Waals surface area contributed by atoms with Crippen molar-refractivity contribution in [2.45, 2.75) is 31.8 Å². The van der Waals surface area contributed by atoms with E-state index in [4.69, 9.17) is 0 Å². The van der Waals surface area contributed by atoms with Crippen LogP contribution in [0.1, 0.15) is 24.0 Å². The van der Waals surface area contributed by atoms with Gasteiger partial charge in [0.25, 0.3) is 0 Å². The molecule has 2 rings (SSSR count). The Bertz CT molecular complexity index is 488. The second-order valence-corrected chi connectivity index (χ2v) is 4.88. The monoisotopic (exact) mass is 276 g/mol. The van der Waals surface area contributed by atoms with Crippen molar-refractivity contribution < 1.29 is 14.3 Å². The third-order valence-corrected chi connectivity index (χ3v) is 3.48. The molecule has 1 aromatic carbocycles. The average Bonchev–Trinajstić information content (AvgIpc) is 2.50. The van der Waals surface area contributed by atoms with Crippen molar-refractivity contribution in [3.63, 3.8) is 0 Å². The number of nitrogens with one attached hydrogen (secondary N) is 2. The predicted molar refractivity (Wildman–Crippen MR) is 75.0 cm³/mol. The zero-order valence-electron chi connectivity index (χ0n) is 11.6. The lowest BCUT2D eigenvalue weighted by Crippen LogP contribution is -2.47. The smallest absolute Gasteiger partial charge is 0.305 e. The van der Waals surface area contributed by atoms with Crippen LogP contribution in [-0.2, 0) is 27.3 Å². The average molecular weight is 276 g/mol. The van der Waals surface area contributed by atoms with Gasteiger partial charge in [0.2, 0.25) is 5.91 Å². The molecule has 0 fully saturated rings. The molecular formula is C15H20N2O3. The van der Waals surface area contributed by atoms with E-state index in [1.807, 2.05) is 12.1 Å². The summed E-state index contributed by atoms with van der Waals surface area (Å²) in [6.45, 7) is 1.21. The summed E-state index contributed by atoms with van der Waals surface area (Å²) in [6, 6.07) is 7.95. The Morgan fingerprint density at radius 1 is 1.35 bits per heavy atom. The Kier molecular flexibility index (Phi) is 5.12. The molecule has 2 N–H and O–H groups in total. The zero-order chi connectivity index (χ0) is 14.4. The molecule has 0 spiro atoms. The number of carbonyl (C=O) groups is 2. The van der Waals surface area contributed by atoms with E-state index < -0.39 is 0 Å². The van der Waals surface area contributed by atoms with E-state index in [0.29, 0.717) is 25.8 Å². The van der Waals surface area contributed by atoms with Crippen molar-refractivity contribution in [3.8, 4) is 0 Å². The Labute approximate surface area is 118 Å². The van der Waals surface area contributed by atoms with Crippen molar-refractivity contribution >= 4 is 11.9 Å². The van der Waals surface area contributed by atoms with Gasteiger partial charge in [0.05, 0.1) is 13.2 Å². The molecule has 1 atom stereocenters. The van der Waals surface area contributed by atoms with Crippen LogP contribution in [-0.4, -0.2) is 31.6 Å². The maximum Gasteiger partial charge on any atom is 0.305 e. The van der Waals surface area contributed by atoms with Gasteiger partial charge in [0.1, 0.15) is 0 Å². The van der Waals surface area contributed by atoms with E-state index in [1.165, 1.54) is 18.2 Å². The number of hydrogen-bond acceptors (Lipinski definition) is 4. The summed E-state index contributed by atoms with van der Waals surface area (Å²) < 4.78 is 4.55. The molecule has 0 aliphatic carbocycles. The molecule has 5 nitrogen and oxygen atoms in total. The van der Waals surface area contributed by atoms with Crippen molar-refractivity contribution in [1.82, 2.24) is 10.6 Å². The molecule has 0 radical (unpaired) electrons. The first-order valence-corrected chi connectivity index (χ1v) is 6.85. The highest BCUT2D eigenvalue weighted by atomic mass is 16.5. The fourth-order valence-electron chi connectivity index (χ4n) is 2.31.